The maximum atomic E-state index is 11.1. The molecule has 1 amide bonds. The zero-order valence-corrected chi connectivity index (χ0v) is 7.42. The number of rotatable bonds is 0. The van der Waals surface area contributed by atoms with Gasteiger partial charge in [-0.2, -0.15) is 0 Å². The van der Waals surface area contributed by atoms with E-state index in [9.17, 15) is 4.79 Å². The molecule has 0 radical (unpaired) electrons. The monoisotopic (exact) mass is 156 g/mol. The molecule has 0 saturated carbocycles. The molecule has 1 N–H and O–H groups in total. The Bertz CT molecular complexity index is 158. The number of piperazine rings is 1. The van der Waals surface area contributed by atoms with Crippen LogP contribution in [0.3, 0.4) is 0 Å². The largest absolute Gasteiger partial charge is 0.337 e. The Balaban J connectivity index is 2.54. The van der Waals surface area contributed by atoms with E-state index in [2.05, 4.69) is 19.2 Å². The van der Waals surface area contributed by atoms with Crippen LogP contribution >= 0.6 is 0 Å². The normalized spacial score (nSPS) is 32.1. The van der Waals surface area contributed by atoms with E-state index in [1.54, 1.807) is 6.92 Å². The first-order valence-corrected chi connectivity index (χ1v) is 4.12. The highest BCUT2D eigenvalue weighted by Gasteiger charge is 2.23. The number of hydrogen-bond acceptors (Lipinski definition) is 2. The molecule has 3 heteroatoms. The topological polar surface area (TPSA) is 32.3 Å². The molecule has 1 aliphatic rings. The van der Waals surface area contributed by atoms with Gasteiger partial charge in [-0.05, 0) is 13.8 Å². The smallest absolute Gasteiger partial charge is 0.219 e. The first-order chi connectivity index (χ1) is 5.11. The summed E-state index contributed by atoms with van der Waals surface area (Å²) in [4.78, 5) is 13.0. The Morgan fingerprint density at radius 3 is 2.64 bits per heavy atom. The van der Waals surface area contributed by atoms with Gasteiger partial charge in [0.15, 0.2) is 0 Å². The van der Waals surface area contributed by atoms with E-state index in [1.807, 2.05) is 4.90 Å². The van der Waals surface area contributed by atoms with Gasteiger partial charge in [-0.15, -0.1) is 0 Å². The van der Waals surface area contributed by atoms with Gasteiger partial charge in [0.1, 0.15) is 0 Å². The number of carbonyl (C=O) groups is 1. The second-order valence-corrected chi connectivity index (χ2v) is 3.33. The lowest BCUT2D eigenvalue weighted by atomic mass is 10.1. The van der Waals surface area contributed by atoms with E-state index in [0.717, 1.165) is 13.1 Å². The summed E-state index contributed by atoms with van der Waals surface area (Å²) in [6.45, 7) is 7.56. The van der Waals surface area contributed by atoms with E-state index in [1.165, 1.54) is 0 Å². The first kappa shape index (κ1) is 8.53. The molecule has 64 valence electrons. The zero-order chi connectivity index (χ0) is 8.43. The summed E-state index contributed by atoms with van der Waals surface area (Å²) in [7, 11) is 0. The standard InChI is InChI=1S/C8H16N2O/c1-6-5-10(8(3)11)7(2)4-9-6/h6-7,9H,4-5H2,1-3H3. The Hall–Kier alpha value is -0.570. The lowest BCUT2D eigenvalue weighted by Crippen LogP contribution is -2.55. The molecular formula is C8H16N2O. The summed E-state index contributed by atoms with van der Waals surface area (Å²) in [5.74, 6) is 0.186. The number of hydrogen-bond donors (Lipinski definition) is 1. The molecule has 11 heavy (non-hydrogen) atoms. The molecule has 3 nitrogen and oxygen atoms in total. The van der Waals surface area contributed by atoms with Crippen molar-refractivity contribution in [3.63, 3.8) is 0 Å². The molecular weight excluding hydrogens is 140 g/mol. The molecule has 1 rings (SSSR count). The van der Waals surface area contributed by atoms with Crippen LogP contribution in [0.15, 0.2) is 0 Å². The number of carbonyl (C=O) groups excluding carboxylic acids is 1. The van der Waals surface area contributed by atoms with E-state index in [-0.39, 0.29) is 5.91 Å². The minimum atomic E-state index is 0.186. The second kappa shape index (κ2) is 3.22. The van der Waals surface area contributed by atoms with Gasteiger partial charge in [-0.3, -0.25) is 4.79 Å². The fraction of sp³-hybridized carbons (Fsp3) is 0.875. The average Bonchev–Trinajstić information content (AvgIpc) is 1.94. The molecule has 2 unspecified atom stereocenters. The highest BCUT2D eigenvalue weighted by molar-refractivity contribution is 5.73. The third-order valence-electron chi connectivity index (χ3n) is 2.17. The van der Waals surface area contributed by atoms with E-state index >= 15 is 0 Å². The van der Waals surface area contributed by atoms with Crippen LogP contribution in [0.1, 0.15) is 20.8 Å². The van der Waals surface area contributed by atoms with Crippen molar-refractivity contribution in [3.8, 4) is 0 Å². The third-order valence-corrected chi connectivity index (χ3v) is 2.17. The van der Waals surface area contributed by atoms with Crippen molar-refractivity contribution < 1.29 is 4.79 Å². The molecule has 0 aromatic rings. The Morgan fingerprint density at radius 1 is 1.55 bits per heavy atom. The summed E-state index contributed by atoms with van der Waals surface area (Å²) < 4.78 is 0. The summed E-state index contributed by atoms with van der Waals surface area (Å²) in [6, 6.07) is 0.791. The predicted molar refractivity (Wildman–Crippen MR) is 44.3 cm³/mol. The van der Waals surface area contributed by atoms with Gasteiger partial charge in [0.05, 0.1) is 0 Å². The summed E-state index contributed by atoms with van der Waals surface area (Å²) in [5, 5.41) is 3.32. The molecule has 1 heterocycles. The number of amides is 1. The van der Waals surface area contributed by atoms with Crippen LogP contribution in [0.2, 0.25) is 0 Å². The van der Waals surface area contributed by atoms with E-state index in [4.69, 9.17) is 0 Å². The van der Waals surface area contributed by atoms with Gasteiger partial charge in [0, 0.05) is 32.1 Å². The van der Waals surface area contributed by atoms with Crippen molar-refractivity contribution in [1.29, 1.82) is 0 Å². The number of nitrogens with one attached hydrogen (secondary N) is 1. The lowest BCUT2D eigenvalue weighted by Gasteiger charge is -2.36. The van der Waals surface area contributed by atoms with Crippen molar-refractivity contribution in [2.45, 2.75) is 32.9 Å². The first-order valence-electron chi connectivity index (χ1n) is 4.12. The van der Waals surface area contributed by atoms with Crippen LogP contribution in [0.4, 0.5) is 0 Å². The van der Waals surface area contributed by atoms with Gasteiger partial charge in [0.2, 0.25) is 5.91 Å². The Morgan fingerprint density at radius 2 is 2.18 bits per heavy atom. The van der Waals surface area contributed by atoms with Gasteiger partial charge < -0.3 is 10.2 Å². The van der Waals surface area contributed by atoms with Crippen molar-refractivity contribution in [1.82, 2.24) is 10.2 Å². The molecule has 0 aromatic heterocycles. The molecule has 1 aliphatic heterocycles. The molecule has 2 atom stereocenters. The molecule has 0 spiro atoms. The molecule has 1 fully saturated rings. The summed E-state index contributed by atoms with van der Waals surface area (Å²) in [5.41, 5.74) is 0. The lowest BCUT2D eigenvalue weighted by molar-refractivity contribution is -0.132. The van der Waals surface area contributed by atoms with Crippen LogP contribution < -0.4 is 5.32 Å². The van der Waals surface area contributed by atoms with Crippen molar-refractivity contribution in [2.24, 2.45) is 0 Å². The van der Waals surface area contributed by atoms with Gasteiger partial charge in [-0.1, -0.05) is 0 Å². The highest BCUT2D eigenvalue weighted by Crippen LogP contribution is 2.05. The second-order valence-electron chi connectivity index (χ2n) is 3.33. The van der Waals surface area contributed by atoms with Crippen LogP contribution in [-0.2, 0) is 4.79 Å². The number of nitrogens with zero attached hydrogens (tertiary/aromatic N) is 1. The van der Waals surface area contributed by atoms with Crippen molar-refractivity contribution in [2.75, 3.05) is 13.1 Å². The van der Waals surface area contributed by atoms with E-state index in [0.29, 0.717) is 12.1 Å². The Kier molecular flexibility index (Phi) is 2.49. The van der Waals surface area contributed by atoms with Crippen molar-refractivity contribution >= 4 is 5.91 Å². The highest BCUT2D eigenvalue weighted by atomic mass is 16.2. The molecule has 1 saturated heterocycles. The van der Waals surface area contributed by atoms with Gasteiger partial charge >= 0.3 is 0 Å². The maximum Gasteiger partial charge on any atom is 0.219 e. The molecule has 0 aromatic carbocycles. The summed E-state index contributed by atoms with van der Waals surface area (Å²) >= 11 is 0. The minimum absolute atomic E-state index is 0.186. The fourth-order valence-electron chi connectivity index (χ4n) is 1.46. The van der Waals surface area contributed by atoms with E-state index < -0.39 is 0 Å². The third kappa shape index (κ3) is 1.93. The van der Waals surface area contributed by atoms with Crippen LogP contribution in [0, 0.1) is 0 Å². The minimum Gasteiger partial charge on any atom is -0.337 e. The van der Waals surface area contributed by atoms with Crippen LogP contribution in [0.5, 0.6) is 0 Å². The maximum absolute atomic E-state index is 11.1. The van der Waals surface area contributed by atoms with Crippen LogP contribution in [-0.4, -0.2) is 36.0 Å². The predicted octanol–water partition coefficient (Wildman–Crippen LogP) is 0.215. The van der Waals surface area contributed by atoms with Gasteiger partial charge in [-0.25, -0.2) is 0 Å². The SMILES string of the molecule is CC(=O)N1CC(C)NCC1C. The summed E-state index contributed by atoms with van der Waals surface area (Å²) in [6.07, 6.45) is 0. The molecule has 0 aliphatic carbocycles. The zero-order valence-electron chi connectivity index (χ0n) is 7.42. The average molecular weight is 156 g/mol. The molecule has 0 bridgehead atoms. The Labute approximate surface area is 67.8 Å². The van der Waals surface area contributed by atoms with Crippen LogP contribution in [0.25, 0.3) is 0 Å². The fourth-order valence-corrected chi connectivity index (χ4v) is 1.46. The quantitative estimate of drug-likeness (QED) is 0.544. The van der Waals surface area contributed by atoms with Crippen molar-refractivity contribution in [3.05, 3.63) is 0 Å². The van der Waals surface area contributed by atoms with Gasteiger partial charge in [0.25, 0.3) is 0 Å².